The van der Waals surface area contributed by atoms with Gasteiger partial charge in [-0.1, -0.05) is 0 Å². The fourth-order valence-electron chi connectivity index (χ4n) is 1.40. The van der Waals surface area contributed by atoms with Crippen LogP contribution in [0.1, 0.15) is 0 Å². The highest BCUT2D eigenvalue weighted by Crippen LogP contribution is 2.12. The summed E-state index contributed by atoms with van der Waals surface area (Å²) in [5.74, 6) is 1.33. The maximum atomic E-state index is 5.58. The fourth-order valence-corrected chi connectivity index (χ4v) is 1.40. The van der Waals surface area contributed by atoms with Crippen LogP contribution in [0.4, 0.5) is 17.8 Å². The highest BCUT2D eigenvalue weighted by Gasteiger charge is 2.15. The van der Waals surface area contributed by atoms with Gasteiger partial charge in [0.05, 0.1) is 13.2 Å². The molecule has 0 aromatic carbocycles. The van der Waals surface area contributed by atoms with Crippen LogP contribution in [0, 0.1) is 0 Å². The van der Waals surface area contributed by atoms with Crippen molar-refractivity contribution in [2.45, 2.75) is 0 Å². The lowest BCUT2D eigenvalue weighted by Gasteiger charge is -2.26. The van der Waals surface area contributed by atoms with Crippen molar-refractivity contribution >= 4 is 17.8 Å². The molecule has 0 unspecified atom stereocenters. The highest BCUT2D eigenvalue weighted by atomic mass is 16.5. The number of aromatic nitrogens is 3. The van der Waals surface area contributed by atoms with Gasteiger partial charge >= 0.3 is 0 Å². The molecule has 1 aromatic heterocycles. The molecule has 0 radical (unpaired) electrons. The second-order valence-corrected chi connectivity index (χ2v) is 3.17. The Hall–Kier alpha value is -1.63. The van der Waals surface area contributed by atoms with E-state index in [1.165, 1.54) is 0 Å². The molecule has 7 heteroatoms. The Bertz CT molecular complexity index is 338. The van der Waals surface area contributed by atoms with E-state index in [0.29, 0.717) is 25.1 Å². The number of nitrogens with two attached hydrogens (primary N) is 1. The van der Waals surface area contributed by atoms with Gasteiger partial charge in [0.25, 0.3) is 0 Å². The molecule has 7 nitrogen and oxygen atoms in total. The van der Waals surface area contributed by atoms with E-state index in [2.05, 4.69) is 20.3 Å². The van der Waals surface area contributed by atoms with Crippen molar-refractivity contribution in [1.29, 1.82) is 0 Å². The molecule has 15 heavy (non-hydrogen) atoms. The van der Waals surface area contributed by atoms with Gasteiger partial charge in [-0.15, -0.1) is 0 Å². The average molecular weight is 210 g/mol. The van der Waals surface area contributed by atoms with E-state index < -0.39 is 0 Å². The van der Waals surface area contributed by atoms with E-state index in [4.69, 9.17) is 10.5 Å². The van der Waals surface area contributed by atoms with Gasteiger partial charge in [0.15, 0.2) is 0 Å². The summed E-state index contributed by atoms with van der Waals surface area (Å²) >= 11 is 0. The van der Waals surface area contributed by atoms with Gasteiger partial charge in [-0.3, -0.25) is 0 Å². The number of morpholine rings is 1. The molecule has 1 aliphatic heterocycles. The van der Waals surface area contributed by atoms with Crippen molar-refractivity contribution in [1.82, 2.24) is 15.0 Å². The van der Waals surface area contributed by atoms with E-state index in [-0.39, 0.29) is 5.95 Å². The van der Waals surface area contributed by atoms with Crippen molar-refractivity contribution in [3.63, 3.8) is 0 Å². The quantitative estimate of drug-likeness (QED) is 0.669. The van der Waals surface area contributed by atoms with Crippen molar-refractivity contribution in [2.24, 2.45) is 0 Å². The van der Waals surface area contributed by atoms with Crippen LogP contribution in [0.3, 0.4) is 0 Å². The van der Waals surface area contributed by atoms with Gasteiger partial charge in [-0.05, 0) is 0 Å². The average Bonchev–Trinajstić information content (AvgIpc) is 2.29. The Morgan fingerprint density at radius 3 is 2.67 bits per heavy atom. The minimum absolute atomic E-state index is 0.232. The van der Waals surface area contributed by atoms with Crippen molar-refractivity contribution < 1.29 is 4.74 Å². The molecule has 0 bridgehead atoms. The van der Waals surface area contributed by atoms with Crippen LogP contribution >= 0.6 is 0 Å². The molecular formula is C8H14N6O. The number of nitrogens with one attached hydrogen (secondary N) is 1. The first-order chi connectivity index (χ1) is 7.29. The highest BCUT2D eigenvalue weighted by molar-refractivity contribution is 5.41. The van der Waals surface area contributed by atoms with Crippen LogP contribution < -0.4 is 16.0 Å². The Morgan fingerprint density at radius 2 is 2.00 bits per heavy atom. The Morgan fingerprint density at radius 1 is 1.27 bits per heavy atom. The summed E-state index contributed by atoms with van der Waals surface area (Å²) in [6, 6.07) is 0. The minimum Gasteiger partial charge on any atom is -0.378 e. The molecular weight excluding hydrogens is 196 g/mol. The fraction of sp³-hybridized carbons (Fsp3) is 0.625. The molecule has 0 saturated carbocycles. The zero-order valence-corrected chi connectivity index (χ0v) is 8.60. The Labute approximate surface area is 87.7 Å². The largest absolute Gasteiger partial charge is 0.378 e. The lowest BCUT2D eigenvalue weighted by atomic mass is 10.4. The number of hydrogen-bond acceptors (Lipinski definition) is 7. The summed E-state index contributed by atoms with van der Waals surface area (Å²) in [5, 5.41) is 2.85. The molecule has 1 fully saturated rings. The number of hydrogen-bond donors (Lipinski definition) is 2. The molecule has 1 saturated heterocycles. The summed E-state index contributed by atoms with van der Waals surface area (Å²) in [7, 11) is 1.75. The van der Waals surface area contributed by atoms with Gasteiger partial charge in [0.1, 0.15) is 0 Å². The smallest absolute Gasteiger partial charge is 0.232 e. The number of nitrogens with zero attached hydrogens (tertiary/aromatic N) is 4. The van der Waals surface area contributed by atoms with Crippen LogP contribution in [0.2, 0.25) is 0 Å². The van der Waals surface area contributed by atoms with E-state index in [9.17, 15) is 0 Å². The predicted molar refractivity (Wildman–Crippen MR) is 56.8 cm³/mol. The third kappa shape index (κ3) is 2.24. The third-order valence-electron chi connectivity index (χ3n) is 2.16. The number of nitrogen functional groups attached to an aromatic ring is 1. The summed E-state index contributed by atoms with van der Waals surface area (Å²) in [6.07, 6.45) is 0. The van der Waals surface area contributed by atoms with Crippen LogP contribution in [-0.4, -0.2) is 48.3 Å². The summed E-state index contributed by atoms with van der Waals surface area (Å²) in [4.78, 5) is 14.3. The van der Waals surface area contributed by atoms with Crippen molar-refractivity contribution in [3.8, 4) is 0 Å². The maximum Gasteiger partial charge on any atom is 0.232 e. The van der Waals surface area contributed by atoms with E-state index in [0.717, 1.165) is 13.1 Å². The lowest BCUT2D eigenvalue weighted by Crippen LogP contribution is -2.37. The molecule has 3 N–H and O–H groups in total. The van der Waals surface area contributed by atoms with Crippen LogP contribution in [0.15, 0.2) is 0 Å². The lowest BCUT2D eigenvalue weighted by molar-refractivity contribution is 0.122. The molecule has 2 rings (SSSR count). The Kier molecular flexibility index (Phi) is 2.82. The first-order valence-electron chi connectivity index (χ1n) is 4.81. The molecule has 82 valence electrons. The molecule has 1 aromatic rings. The second kappa shape index (κ2) is 4.26. The summed E-state index contributed by atoms with van der Waals surface area (Å²) in [6.45, 7) is 2.96. The number of anilines is 3. The summed E-state index contributed by atoms with van der Waals surface area (Å²) in [5.41, 5.74) is 5.58. The topological polar surface area (TPSA) is 89.2 Å². The first kappa shape index (κ1) is 9.91. The van der Waals surface area contributed by atoms with Gasteiger partial charge in [0, 0.05) is 20.1 Å². The summed E-state index contributed by atoms with van der Waals surface area (Å²) < 4.78 is 5.25. The van der Waals surface area contributed by atoms with Crippen LogP contribution in [0.5, 0.6) is 0 Å². The second-order valence-electron chi connectivity index (χ2n) is 3.17. The normalized spacial score (nSPS) is 16.5. The minimum atomic E-state index is 0.232. The van der Waals surface area contributed by atoms with Crippen molar-refractivity contribution in [2.75, 3.05) is 49.3 Å². The SMILES string of the molecule is CNc1nc(N)nc(N2CCOCC2)n1. The first-order valence-corrected chi connectivity index (χ1v) is 4.81. The number of rotatable bonds is 2. The molecule has 0 amide bonds. The van der Waals surface area contributed by atoms with Crippen LogP contribution in [0.25, 0.3) is 0 Å². The van der Waals surface area contributed by atoms with Crippen LogP contribution in [-0.2, 0) is 4.74 Å². The molecule has 0 spiro atoms. The monoisotopic (exact) mass is 210 g/mol. The van der Waals surface area contributed by atoms with Gasteiger partial charge in [0.2, 0.25) is 17.8 Å². The zero-order chi connectivity index (χ0) is 10.7. The van der Waals surface area contributed by atoms with Crippen molar-refractivity contribution in [3.05, 3.63) is 0 Å². The standard InChI is InChI=1S/C8H14N6O/c1-10-7-11-6(9)12-8(13-7)14-2-4-15-5-3-14/h2-5H2,1H3,(H3,9,10,11,12,13). The maximum absolute atomic E-state index is 5.58. The Balaban J connectivity index is 2.22. The predicted octanol–water partition coefficient (Wildman–Crippen LogP) is -0.668. The zero-order valence-electron chi connectivity index (χ0n) is 8.60. The molecule has 1 aliphatic rings. The molecule has 2 heterocycles. The van der Waals surface area contributed by atoms with Gasteiger partial charge in [-0.2, -0.15) is 15.0 Å². The van der Waals surface area contributed by atoms with Gasteiger partial charge in [-0.25, -0.2) is 0 Å². The van der Waals surface area contributed by atoms with E-state index in [1.807, 2.05) is 4.90 Å². The van der Waals surface area contributed by atoms with Gasteiger partial charge < -0.3 is 20.7 Å². The van der Waals surface area contributed by atoms with E-state index >= 15 is 0 Å². The number of ether oxygens (including phenoxy) is 1. The molecule has 0 atom stereocenters. The third-order valence-corrected chi connectivity index (χ3v) is 2.16. The molecule has 0 aliphatic carbocycles. The van der Waals surface area contributed by atoms with E-state index in [1.54, 1.807) is 7.05 Å².